The predicted molar refractivity (Wildman–Crippen MR) is 118 cm³/mol. The highest BCUT2D eigenvalue weighted by molar-refractivity contribution is 7.89. The van der Waals surface area contributed by atoms with Crippen molar-refractivity contribution in [2.75, 3.05) is 25.0 Å². The molecule has 0 unspecified atom stereocenters. The molecule has 0 radical (unpaired) electrons. The van der Waals surface area contributed by atoms with Crippen LogP contribution in [0.2, 0.25) is 0 Å². The van der Waals surface area contributed by atoms with Gasteiger partial charge in [-0.15, -0.1) is 5.10 Å². The summed E-state index contributed by atoms with van der Waals surface area (Å²) in [7, 11) is -3.49. The zero-order valence-electron chi connectivity index (χ0n) is 17.6. The first-order chi connectivity index (χ1) is 14.8. The van der Waals surface area contributed by atoms with Crippen LogP contribution in [0.15, 0.2) is 41.3 Å². The van der Waals surface area contributed by atoms with E-state index in [1.54, 1.807) is 22.9 Å². The Kier molecular flexibility index (Phi) is 5.92. The molecular formula is C21H26N6O3S. The van der Waals surface area contributed by atoms with Gasteiger partial charge in [0.2, 0.25) is 10.0 Å². The number of carbonyl (C=O) groups is 1. The number of hydrogen-bond donors (Lipinski definition) is 2. The van der Waals surface area contributed by atoms with Gasteiger partial charge in [-0.1, -0.05) is 17.3 Å². The van der Waals surface area contributed by atoms with Crippen molar-refractivity contribution in [1.82, 2.24) is 24.6 Å². The lowest BCUT2D eigenvalue weighted by atomic mass is 10.1. The van der Waals surface area contributed by atoms with Crippen LogP contribution >= 0.6 is 0 Å². The molecule has 3 aromatic rings. The Balaban J connectivity index is 1.39. The van der Waals surface area contributed by atoms with Crippen LogP contribution in [0.1, 0.15) is 24.0 Å². The Morgan fingerprint density at radius 1 is 1.10 bits per heavy atom. The Bertz CT molecular complexity index is 1220. The van der Waals surface area contributed by atoms with E-state index in [-0.39, 0.29) is 10.9 Å². The summed E-state index contributed by atoms with van der Waals surface area (Å²) in [5, 5.41) is 13.9. The highest BCUT2D eigenvalue weighted by Crippen LogP contribution is 2.23. The molecule has 1 saturated heterocycles. The van der Waals surface area contributed by atoms with Crippen molar-refractivity contribution in [2.45, 2.75) is 38.1 Å². The molecule has 2 N–H and O–H groups in total. The number of hydrogen-bond acceptors (Lipinski definition) is 5. The number of fused-ring (bicyclic) bond motifs is 1. The molecule has 2 amide bonds. The lowest BCUT2D eigenvalue weighted by molar-refractivity contribution is 0.251. The van der Waals surface area contributed by atoms with Gasteiger partial charge in [0.1, 0.15) is 5.52 Å². The summed E-state index contributed by atoms with van der Waals surface area (Å²) in [5.41, 5.74) is 4.07. The third kappa shape index (κ3) is 4.54. The summed E-state index contributed by atoms with van der Waals surface area (Å²) in [6, 6.07) is 10.5. The number of aromatic nitrogens is 3. The first-order valence-electron chi connectivity index (χ1n) is 10.3. The van der Waals surface area contributed by atoms with Crippen LogP contribution in [0, 0.1) is 13.8 Å². The van der Waals surface area contributed by atoms with Gasteiger partial charge in [0, 0.05) is 25.3 Å². The maximum atomic E-state index is 12.7. The first kappa shape index (κ1) is 21.3. The van der Waals surface area contributed by atoms with Gasteiger partial charge < -0.3 is 10.6 Å². The summed E-state index contributed by atoms with van der Waals surface area (Å²) in [6.07, 6.45) is 1.78. The Hall–Kier alpha value is -2.98. The van der Waals surface area contributed by atoms with Crippen LogP contribution in [0.3, 0.4) is 0 Å². The van der Waals surface area contributed by atoms with Crippen molar-refractivity contribution < 1.29 is 13.2 Å². The standard InChI is InChI=1S/C21H26N6O3S/c1-15-5-6-16(2)18(13-15)23-21(28)22-9-12-27-20-8-7-17(14-19(20)24-25-27)31(29,30)26-10-3-4-11-26/h5-8,13-14H,3-4,9-12H2,1-2H3,(H2,22,23,28). The topological polar surface area (TPSA) is 109 Å². The van der Waals surface area contributed by atoms with Crippen LogP contribution in [0.5, 0.6) is 0 Å². The van der Waals surface area contributed by atoms with E-state index in [4.69, 9.17) is 0 Å². The number of rotatable bonds is 6. The number of amides is 2. The molecule has 4 rings (SSSR count). The number of benzene rings is 2. The largest absolute Gasteiger partial charge is 0.336 e. The summed E-state index contributed by atoms with van der Waals surface area (Å²) in [6.45, 7) is 5.79. The molecule has 0 aliphatic carbocycles. The molecule has 0 saturated carbocycles. The third-order valence-corrected chi connectivity index (χ3v) is 7.33. The normalized spacial score (nSPS) is 14.8. The zero-order valence-corrected chi connectivity index (χ0v) is 18.4. The van der Waals surface area contributed by atoms with E-state index in [9.17, 15) is 13.2 Å². The van der Waals surface area contributed by atoms with Crippen LogP contribution in [-0.2, 0) is 16.6 Å². The van der Waals surface area contributed by atoms with Crippen LogP contribution in [0.4, 0.5) is 10.5 Å². The minimum absolute atomic E-state index is 0.236. The van der Waals surface area contributed by atoms with Crippen LogP contribution in [-0.4, -0.2) is 53.4 Å². The molecule has 2 heterocycles. The van der Waals surface area contributed by atoms with Gasteiger partial charge in [-0.05, 0) is 62.1 Å². The van der Waals surface area contributed by atoms with E-state index >= 15 is 0 Å². The minimum Gasteiger partial charge on any atom is -0.336 e. The van der Waals surface area contributed by atoms with E-state index < -0.39 is 10.0 Å². The number of aryl methyl sites for hydroxylation is 2. The molecule has 1 aromatic heterocycles. The average molecular weight is 443 g/mol. The second-order valence-electron chi connectivity index (χ2n) is 7.77. The van der Waals surface area contributed by atoms with Gasteiger partial charge in [-0.3, -0.25) is 0 Å². The number of nitrogens with one attached hydrogen (secondary N) is 2. The van der Waals surface area contributed by atoms with Gasteiger partial charge in [-0.2, -0.15) is 4.31 Å². The second-order valence-corrected chi connectivity index (χ2v) is 9.71. The molecule has 1 fully saturated rings. The fourth-order valence-electron chi connectivity index (χ4n) is 3.67. The maximum absolute atomic E-state index is 12.7. The number of nitrogens with zero attached hydrogens (tertiary/aromatic N) is 4. The van der Waals surface area contributed by atoms with Crippen molar-refractivity contribution in [3.05, 3.63) is 47.5 Å². The monoisotopic (exact) mass is 442 g/mol. The van der Waals surface area contributed by atoms with Gasteiger partial charge in [0.15, 0.2) is 0 Å². The second kappa shape index (κ2) is 8.64. The van der Waals surface area contributed by atoms with Gasteiger partial charge in [0.05, 0.1) is 17.0 Å². The van der Waals surface area contributed by atoms with E-state index in [1.165, 1.54) is 4.31 Å². The molecule has 0 spiro atoms. The molecule has 2 aromatic carbocycles. The Morgan fingerprint density at radius 3 is 2.65 bits per heavy atom. The molecule has 164 valence electrons. The van der Waals surface area contributed by atoms with E-state index in [1.807, 2.05) is 32.0 Å². The molecule has 0 bridgehead atoms. The Morgan fingerprint density at radius 2 is 1.87 bits per heavy atom. The molecule has 1 aliphatic heterocycles. The summed E-state index contributed by atoms with van der Waals surface area (Å²) >= 11 is 0. The molecule has 9 nitrogen and oxygen atoms in total. The fraction of sp³-hybridized carbons (Fsp3) is 0.381. The first-order valence-corrected chi connectivity index (χ1v) is 11.7. The van der Waals surface area contributed by atoms with E-state index in [0.717, 1.165) is 35.2 Å². The molecule has 1 aliphatic rings. The Labute approximate surface area is 181 Å². The van der Waals surface area contributed by atoms with Gasteiger partial charge >= 0.3 is 6.03 Å². The minimum atomic E-state index is -3.49. The number of sulfonamides is 1. The SMILES string of the molecule is Cc1ccc(C)c(NC(=O)NCCn2nnc3cc(S(=O)(=O)N4CCCC4)ccc32)c1. The smallest absolute Gasteiger partial charge is 0.319 e. The summed E-state index contributed by atoms with van der Waals surface area (Å²) < 4.78 is 28.7. The number of urea groups is 1. The van der Waals surface area contributed by atoms with Crippen molar-refractivity contribution in [1.29, 1.82) is 0 Å². The van der Waals surface area contributed by atoms with E-state index in [2.05, 4.69) is 20.9 Å². The van der Waals surface area contributed by atoms with Gasteiger partial charge in [0.25, 0.3) is 0 Å². The van der Waals surface area contributed by atoms with Crippen molar-refractivity contribution in [2.24, 2.45) is 0 Å². The number of carbonyl (C=O) groups excluding carboxylic acids is 1. The van der Waals surface area contributed by atoms with Crippen LogP contribution in [0.25, 0.3) is 11.0 Å². The highest BCUT2D eigenvalue weighted by atomic mass is 32.2. The van der Waals surface area contributed by atoms with Crippen LogP contribution < -0.4 is 10.6 Å². The average Bonchev–Trinajstić information content (AvgIpc) is 3.41. The van der Waals surface area contributed by atoms with Crippen molar-refractivity contribution in [3.63, 3.8) is 0 Å². The van der Waals surface area contributed by atoms with Gasteiger partial charge in [-0.25, -0.2) is 17.9 Å². The lowest BCUT2D eigenvalue weighted by Crippen LogP contribution is -2.32. The molecular weight excluding hydrogens is 416 g/mol. The third-order valence-electron chi connectivity index (χ3n) is 5.44. The molecule has 0 atom stereocenters. The lowest BCUT2D eigenvalue weighted by Gasteiger charge is -2.15. The molecule has 10 heteroatoms. The molecule has 31 heavy (non-hydrogen) atoms. The predicted octanol–water partition coefficient (Wildman–Crippen LogP) is 2.65. The van der Waals surface area contributed by atoms with Crippen molar-refractivity contribution >= 4 is 32.8 Å². The maximum Gasteiger partial charge on any atom is 0.319 e. The summed E-state index contributed by atoms with van der Waals surface area (Å²) in [5.74, 6) is 0. The number of anilines is 1. The van der Waals surface area contributed by atoms with Crippen molar-refractivity contribution in [3.8, 4) is 0 Å². The quantitative estimate of drug-likeness (QED) is 0.610. The fourth-order valence-corrected chi connectivity index (χ4v) is 5.21. The zero-order chi connectivity index (χ0) is 22.0. The van der Waals surface area contributed by atoms with E-state index in [0.29, 0.717) is 31.7 Å². The highest BCUT2D eigenvalue weighted by Gasteiger charge is 2.27. The summed E-state index contributed by atoms with van der Waals surface area (Å²) in [4.78, 5) is 12.4.